The van der Waals surface area contributed by atoms with Gasteiger partial charge in [-0.25, -0.2) is 4.79 Å². The van der Waals surface area contributed by atoms with Crippen molar-refractivity contribution >= 4 is 29.4 Å². The lowest BCUT2D eigenvalue weighted by Gasteiger charge is -2.29. The standard InChI is InChI=1S/C25H28N4O6/c1-3-35-18-7-4-15(5-8-18)20(14-34-2)27-25(33)26-17-6-9-19-16(12-17)13-29(24(19)32)21-10-11-22(30)28-23(21)31/h4-9,12,20-21H,3,10-11,13-14H2,1-2H3,(H2,26,27,33)(H,28,30,31). The second-order valence-corrected chi connectivity index (χ2v) is 8.38. The number of methoxy groups -OCH3 is 1. The lowest BCUT2D eigenvalue weighted by Crippen LogP contribution is -2.52. The molecule has 3 N–H and O–H groups in total. The molecule has 2 aromatic carbocycles. The molecule has 2 aliphatic rings. The van der Waals surface area contributed by atoms with E-state index in [2.05, 4.69) is 16.0 Å². The zero-order chi connectivity index (χ0) is 24.9. The summed E-state index contributed by atoms with van der Waals surface area (Å²) in [5.41, 5.74) is 2.57. The van der Waals surface area contributed by atoms with E-state index in [0.717, 1.165) is 11.3 Å². The van der Waals surface area contributed by atoms with Gasteiger partial charge in [0.05, 0.1) is 19.3 Å². The third-order valence-electron chi connectivity index (χ3n) is 6.01. The number of fused-ring (bicyclic) bond motifs is 1. The summed E-state index contributed by atoms with van der Waals surface area (Å²) in [6, 6.07) is 10.9. The van der Waals surface area contributed by atoms with Gasteiger partial charge in [-0.2, -0.15) is 0 Å². The number of benzene rings is 2. The number of piperidine rings is 1. The van der Waals surface area contributed by atoms with E-state index >= 15 is 0 Å². The normalized spacial score (nSPS) is 18.1. The zero-order valence-corrected chi connectivity index (χ0v) is 19.6. The molecule has 1 saturated heterocycles. The average molecular weight is 481 g/mol. The molecule has 10 nitrogen and oxygen atoms in total. The van der Waals surface area contributed by atoms with Crippen LogP contribution in [-0.4, -0.2) is 55.0 Å². The third kappa shape index (κ3) is 5.43. The van der Waals surface area contributed by atoms with Crippen molar-refractivity contribution in [3.8, 4) is 5.75 Å². The molecule has 10 heteroatoms. The van der Waals surface area contributed by atoms with Crippen LogP contribution in [0.25, 0.3) is 0 Å². The molecule has 2 aliphatic heterocycles. The molecule has 0 radical (unpaired) electrons. The van der Waals surface area contributed by atoms with Crippen LogP contribution in [0, 0.1) is 0 Å². The van der Waals surface area contributed by atoms with Crippen LogP contribution >= 0.6 is 0 Å². The predicted molar refractivity (Wildman–Crippen MR) is 127 cm³/mol. The number of urea groups is 1. The molecule has 2 heterocycles. The average Bonchev–Trinajstić information content (AvgIpc) is 3.15. The van der Waals surface area contributed by atoms with Crippen molar-refractivity contribution in [3.05, 3.63) is 59.2 Å². The zero-order valence-electron chi connectivity index (χ0n) is 19.6. The fourth-order valence-electron chi connectivity index (χ4n) is 4.33. The van der Waals surface area contributed by atoms with Crippen LogP contribution in [0.5, 0.6) is 5.75 Å². The first-order valence-corrected chi connectivity index (χ1v) is 11.5. The summed E-state index contributed by atoms with van der Waals surface area (Å²) in [4.78, 5) is 50.7. The molecule has 0 aromatic heterocycles. The summed E-state index contributed by atoms with van der Waals surface area (Å²) in [5.74, 6) is -0.305. The predicted octanol–water partition coefficient (Wildman–Crippen LogP) is 2.36. The SMILES string of the molecule is CCOc1ccc(C(COC)NC(=O)Nc2ccc3c(c2)CN(C2CCC(=O)NC2=O)C3=O)cc1. The molecule has 5 amide bonds. The molecule has 2 aromatic rings. The van der Waals surface area contributed by atoms with Gasteiger partial charge in [-0.05, 0) is 54.8 Å². The van der Waals surface area contributed by atoms with Crippen LogP contribution in [0.2, 0.25) is 0 Å². The van der Waals surface area contributed by atoms with Gasteiger partial charge in [-0.15, -0.1) is 0 Å². The van der Waals surface area contributed by atoms with Crippen molar-refractivity contribution in [2.24, 2.45) is 0 Å². The molecule has 0 saturated carbocycles. The number of hydrogen-bond acceptors (Lipinski definition) is 6. The van der Waals surface area contributed by atoms with E-state index in [0.29, 0.717) is 29.8 Å². The number of nitrogens with zero attached hydrogens (tertiary/aromatic N) is 1. The van der Waals surface area contributed by atoms with Gasteiger partial charge >= 0.3 is 6.03 Å². The fraction of sp³-hybridized carbons (Fsp3) is 0.360. The molecule has 0 bridgehead atoms. The number of anilines is 1. The third-order valence-corrected chi connectivity index (χ3v) is 6.01. The topological polar surface area (TPSA) is 126 Å². The van der Waals surface area contributed by atoms with Crippen LogP contribution < -0.4 is 20.7 Å². The Morgan fingerprint density at radius 3 is 2.63 bits per heavy atom. The number of carbonyl (C=O) groups is 4. The number of carbonyl (C=O) groups excluding carboxylic acids is 4. The van der Waals surface area contributed by atoms with Gasteiger partial charge < -0.3 is 25.0 Å². The second-order valence-electron chi connectivity index (χ2n) is 8.38. The Hall–Kier alpha value is -3.92. The highest BCUT2D eigenvalue weighted by molar-refractivity contribution is 6.05. The van der Waals surface area contributed by atoms with Gasteiger partial charge in [0, 0.05) is 31.3 Å². The quantitative estimate of drug-likeness (QED) is 0.498. The van der Waals surface area contributed by atoms with Crippen molar-refractivity contribution in [2.75, 3.05) is 25.6 Å². The maximum Gasteiger partial charge on any atom is 0.319 e. The van der Waals surface area contributed by atoms with Crippen LogP contribution in [0.3, 0.4) is 0 Å². The Kier molecular flexibility index (Phi) is 7.31. The first kappa shape index (κ1) is 24.2. The highest BCUT2D eigenvalue weighted by Gasteiger charge is 2.39. The Balaban J connectivity index is 1.41. The van der Waals surface area contributed by atoms with Crippen molar-refractivity contribution < 1.29 is 28.7 Å². The Bertz CT molecular complexity index is 1130. The van der Waals surface area contributed by atoms with Crippen LogP contribution in [0.1, 0.15) is 47.3 Å². The van der Waals surface area contributed by atoms with Crippen molar-refractivity contribution in [1.82, 2.24) is 15.5 Å². The number of imide groups is 1. The van der Waals surface area contributed by atoms with E-state index in [-0.39, 0.29) is 37.4 Å². The Labute approximate surface area is 203 Å². The van der Waals surface area contributed by atoms with E-state index in [1.165, 1.54) is 4.90 Å². The highest BCUT2D eigenvalue weighted by Crippen LogP contribution is 2.29. The minimum atomic E-state index is -0.684. The maximum atomic E-state index is 12.8. The lowest BCUT2D eigenvalue weighted by molar-refractivity contribution is -0.136. The molecular formula is C25H28N4O6. The first-order chi connectivity index (χ1) is 16.9. The van der Waals surface area contributed by atoms with Gasteiger partial charge in [0.25, 0.3) is 5.91 Å². The molecule has 4 rings (SSSR count). The van der Waals surface area contributed by atoms with Gasteiger partial charge in [-0.1, -0.05) is 12.1 Å². The molecule has 35 heavy (non-hydrogen) atoms. The van der Waals surface area contributed by atoms with E-state index in [9.17, 15) is 19.2 Å². The van der Waals surface area contributed by atoms with Gasteiger partial charge in [-0.3, -0.25) is 19.7 Å². The number of hydrogen-bond donors (Lipinski definition) is 3. The van der Waals surface area contributed by atoms with Crippen molar-refractivity contribution in [2.45, 2.75) is 38.4 Å². The summed E-state index contributed by atoms with van der Waals surface area (Å²) in [6.45, 7) is 2.99. The molecule has 1 fully saturated rings. The van der Waals surface area contributed by atoms with Crippen LogP contribution in [0.15, 0.2) is 42.5 Å². The van der Waals surface area contributed by atoms with Gasteiger partial charge in [0.2, 0.25) is 11.8 Å². The summed E-state index contributed by atoms with van der Waals surface area (Å²) in [5, 5.41) is 7.99. The molecule has 2 atom stereocenters. The van der Waals surface area contributed by atoms with E-state index < -0.39 is 18.0 Å². The molecule has 0 aliphatic carbocycles. The monoisotopic (exact) mass is 480 g/mol. The van der Waals surface area contributed by atoms with Crippen LogP contribution in [0.4, 0.5) is 10.5 Å². The fourth-order valence-corrected chi connectivity index (χ4v) is 4.33. The summed E-state index contributed by atoms with van der Waals surface area (Å²) in [6.07, 6.45) is 0.491. The van der Waals surface area contributed by atoms with E-state index in [4.69, 9.17) is 9.47 Å². The number of nitrogens with one attached hydrogen (secondary N) is 3. The van der Waals surface area contributed by atoms with E-state index in [1.807, 2.05) is 31.2 Å². The Morgan fingerprint density at radius 1 is 1.17 bits per heavy atom. The number of amides is 5. The Morgan fingerprint density at radius 2 is 1.94 bits per heavy atom. The minimum Gasteiger partial charge on any atom is -0.494 e. The molecule has 2 unspecified atom stereocenters. The van der Waals surface area contributed by atoms with Gasteiger partial charge in [0.1, 0.15) is 11.8 Å². The largest absolute Gasteiger partial charge is 0.494 e. The van der Waals surface area contributed by atoms with Crippen molar-refractivity contribution in [1.29, 1.82) is 0 Å². The first-order valence-electron chi connectivity index (χ1n) is 11.5. The molecule has 184 valence electrons. The van der Waals surface area contributed by atoms with Gasteiger partial charge in [0.15, 0.2) is 0 Å². The lowest BCUT2D eigenvalue weighted by atomic mass is 10.0. The molecular weight excluding hydrogens is 452 g/mol. The number of ether oxygens (including phenoxy) is 2. The number of rotatable bonds is 8. The van der Waals surface area contributed by atoms with Crippen molar-refractivity contribution in [3.63, 3.8) is 0 Å². The highest BCUT2D eigenvalue weighted by atomic mass is 16.5. The maximum absolute atomic E-state index is 12.8. The minimum absolute atomic E-state index is 0.195. The summed E-state index contributed by atoms with van der Waals surface area (Å²) >= 11 is 0. The second kappa shape index (κ2) is 10.6. The smallest absolute Gasteiger partial charge is 0.319 e. The van der Waals surface area contributed by atoms with E-state index in [1.54, 1.807) is 25.3 Å². The summed E-state index contributed by atoms with van der Waals surface area (Å²) in [7, 11) is 1.56. The molecule has 0 spiro atoms. The van der Waals surface area contributed by atoms with Crippen LogP contribution in [-0.2, 0) is 20.9 Å². The summed E-state index contributed by atoms with van der Waals surface area (Å²) < 4.78 is 10.7.